The highest BCUT2D eigenvalue weighted by atomic mass is 35.5. The number of oxime groups is 1. The van der Waals surface area contributed by atoms with Gasteiger partial charge in [0, 0.05) is 24.6 Å². The molecule has 0 aliphatic carbocycles. The Balaban J connectivity index is 1.60. The summed E-state index contributed by atoms with van der Waals surface area (Å²) in [5.74, 6) is -1.40. The summed E-state index contributed by atoms with van der Waals surface area (Å²) < 4.78 is 58.0. The van der Waals surface area contributed by atoms with Crippen LogP contribution < -0.4 is 5.32 Å². The van der Waals surface area contributed by atoms with Crippen molar-refractivity contribution in [2.24, 2.45) is 12.2 Å². The van der Waals surface area contributed by atoms with Crippen LogP contribution in [0, 0.1) is 12.7 Å². The molecule has 2 heterocycles. The van der Waals surface area contributed by atoms with E-state index in [2.05, 4.69) is 20.6 Å². The van der Waals surface area contributed by atoms with Gasteiger partial charge in [0.25, 0.3) is 11.5 Å². The van der Waals surface area contributed by atoms with Crippen molar-refractivity contribution < 1.29 is 27.2 Å². The number of carbonyl (C=O) groups is 1. The molecule has 1 aliphatic heterocycles. The average molecular weight is 562 g/mol. The molecule has 14 heteroatoms. The Bertz CT molecular complexity index is 1370. The Morgan fingerprint density at radius 3 is 2.44 bits per heavy atom. The van der Waals surface area contributed by atoms with Gasteiger partial charge in [-0.3, -0.25) is 10.1 Å². The van der Waals surface area contributed by atoms with Crippen LogP contribution in [0.2, 0.25) is 10.0 Å². The molecule has 1 atom stereocenters. The molecule has 0 fully saturated rings. The van der Waals surface area contributed by atoms with Crippen LogP contribution in [0.3, 0.4) is 0 Å². The number of carbonyl (C=O) groups excluding carboxylic acids is 1. The number of aromatic nitrogens is 3. The number of nitrogens with one attached hydrogen (secondary N) is 1. The van der Waals surface area contributed by atoms with Gasteiger partial charge in [-0.2, -0.15) is 18.2 Å². The maximum Gasteiger partial charge on any atom is 0.435 e. The molecule has 1 amide bonds. The Kier molecular flexibility index (Phi) is 6.97. The van der Waals surface area contributed by atoms with Crippen molar-refractivity contribution in [2.75, 3.05) is 11.6 Å². The molecule has 36 heavy (non-hydrogen) atoms. The zero-order valence-electron chi connectivity index (χ0n) is 18.9. The van der Waals surface area contributed by atoms with Gasteiger partial charge in [0.2, 0.25) is 5.95 Å². The van der Waals surface area contributed by atoms with E-state index in [1.807, 2.05) is 6.26 Å². The highest BCUT2D eigenvalue weighted by Gasteiger charge is 2.62. The lowest BCUT2D eigenvalue weighted by Gasteiger charge is -2.29. The topological polar surface area (TPSA) is 81.4 Å². The smallest absolute Gasteiger partial charge is 0.374 e. The second-order valence-corrected chi connectivity index (χ2v) is 9.50. The molecule has 1 aliphatic rings. The number of anilines is 1. The molecule has 190 valence electrons. The number of hydrogen-bond donors (Lipinski definition) is 1. The summed E-state index contributed by atoms with van der Waals surface area (Å²) in [5.41, 5.74) is -2.34. The van der Waals surface area contributed by atoms with Gasteiger partial charge in [-0.05, 0) is 48.6 Å². The van der Waals surface area contributed by atoms with Crippen LogP contribution >= 0.6 is 35.0 Å². The summed E-state index contributed by atoms with van der Waals surface area (Å²) in [7, 11) is 1.69. The van der Waals surface area contributed by atoms with Crippen molar-refractivity contribution in [3.05, 3.63) is 68.4 Å². The van der Waals surface area contributed by atoms with Gasteiger partial charge in [-0.15, -0.1) is 5.10 Å². The normalized spacial score (nSPS) is 17.6. The van der Waals surface area contributed by atoms with Crippen LogP contribution in [0.1, 0.15) is 33.5 Å². The van der Waals surface area contributed by atoms with Crippen molar-refractivity contribution in [1.29, 1.82) is 0 Å². The molecule has 0 spiro atoms. The first-order valence-electron chi connectivity index (χ1n) is 10.2. The quantitative estimate of drug-likeness (QED) is 0.230. The lowest BCUT2D eigenvalue weighted by atomic mass is 9.86. The third kappa shape index (κ3) is 4.64. The maximum atomic E-state index is 14.2. The number of aryl methyl sites for hydroxylation is 2. The molecule has 1 aromatic heterocycles. The Labute approximate surface area is 216 Å². The lowest BCUT2D eigenvalue weighted by molar-refractivity contribution is -0.275. The second-order valence-electron chi connectivity index (χ2n) is 7.91. The van der Waals surface area contributed by atoms with Gasteiger partial charge in [-0.1, -0.05) is 46.2 Å². The summed E-state index contributed by atoms with van der Waals surface area (Å²) in [6.45, 7) is 1.63. The zero-order chi connectivity index (χ0) is 26.4. The number of halogens is 6. The fourth-order valence-corrected chi connectivity index (χ4v) is 4.68. The first-order chi connectivity index (χ1) is 16.9. The zero-order valence-corrected chi connectivity index (χ0v) is 21.2. The minimum Gasteiger partial charge on any atom is -0.374 e. The Hall–Kier alpha value is -2.83. The van der Waals surface area contributed by atoms with Gasteiger partial charge < -0.3 is 4.84 Å². The molecular weight excluding hydrogens is 545 g/mol. The van der Waals surface area contributed by atoms with E-state index in [0.717, 1.165) is 12.1 Å². The predicted molar refractivity (Wildman–Crippen MR) is 128 cm³/mol. The first-order valence-corrected chi connectivity index (χ1v) is 12.2. The number of rotatable bonds is 5. The van der Waals surface area contributed by atoms with E-state index in [9.17, 15) is 22.4 Å². The summed E-state index contributed by atoms with van der Waals surface area (Å²) in [4.78, 5) is 21.9. The largest absolute Gasteiger partial charge is 0.435 e. The Morgan fingerprint density at radius 1 is 1.22 bits per heavy atom. The average Bonchev–Trinajstić information content (AvgIpc) is 3.41. The van der Waals surface area contributed by atoms with E-state index in [-0.39, 0.29) is 17.2 Å². The van der Waals surface area contributed by atoms with Gasteiger partial charge in [0.1, 0.15) is 0 Å². The molecular formula is C22H17Cl2F4N5O2S. The van der Waals surface area contributed by atoms with Crippen molar-refractivity contribution in [2.45, 2.75) is 30.3 Å². The number of alkyl halides is 3. The van der Waals surface area contributed by atoms with Crippen LogP contribution in [-0.2, 0) is 17.5 Å². The first kappa shape index (κ1) is 26.2. The number of hydrogen-bond acceptors (Lipinski definition) is 6. The molecule has 0 bridgehead atoms. The molecule has 0 radical (unpaired) electrons. The molecule has 4 rings (SSSR count). The van der Waals surface area contributed by atoms with Gasteiger partial charge >= 0.3 is 6.18 Å². The van der Waals surface area contributed by atoms with E-state index >= 15 is 0 Å². The van der Waals surface area contributed by atoms with Crippen LogP contribution in [0.5, 0.6) is 0 Å². The van der Waals surface area contributed by atoms with E-state index in [0.29, 0.717) is 16.3 Å². The number of benzene rings is 2. The summed E-state index contributed by atoms with van der Waals surface area (Å²) >= 11 is 12.8. The van der Waals surface area contributed by atoms with E-state index in [1.54, 1.807) is 14.0 Å². The monoisotopic (exact) mass is 561 g/mol. The third-order valence-corrected chi connectivity index (χ3v) is 6.84. The second kappa shape index (κ2) is 9.56. The van der Waals surface area contributed by atoms with Gasteiger partial charge in [0.15, 0.2) is 11.0 Å². The van der Waals surface area contributed by atoms with Crippen molar-refractivity contribution in [3.8, 4) is 0 Å². The molecule has 7 nitrogen and oxygen atoms in total. The number of amides is 1. The van der Waals surface area contributed by atoms with Gasteiger partial charge in [-0.25, -0.2) is 9.07 Å². The van der Waals surface area contributed by atoms with Gasteiger partial charge in [0.05, 0.1) is 15.8 Å². The molecule has 0 saturated carbocycles. The highest BCUT2D eigenvalue weighted by molar-refractivity contribution is 7.98. The molecule has 1 unspecified atom stereocenters. The Morgan fingerprint density at radius 2 is 1.89 bits per heavy atom. The third-order valence-electron chi connectivity index (χ3n) is 5.57. The van der Waals surface area contributed by atoms with E-state index < -0.39 is 45.5 Å². The molecule has 1 N–H and O–H groups in total. The van der Waals surface area contributed by atoms with Crippen molar-refractivity contribution >= 4 is 52.5 Å². The minimum absolute atomic E-state index is 0.0186. The SMILES string of the molecule is CSc1nc(NC(=O)c2ccc(C3=NOC(c4cc(Cl)c(F)c(Cl)c4)(C(F)(F)F)C3)cc2C)nn1C. The van der Waals surface area contributed by atoms with Crippen molar-refractivity contribution in [3.63, 3.8) is 0 Å². The number of nitrogens with zero attached hydrogens (tertiary/aromatic N) is 4. The molecule has 2 aromatic carbocycles. The fraction of sp³-hybridized carbons (Fsp3) is 0.273. The van der Waals surface area contributed by atoms with Crippen LogP contribution in [0.15, 0.2) is 40.6 Å². The maximum absolute atomic E-state index is 14.2. The minimum atomic E-state index is -4.93. The molecule has 0 saturated heterocycles. The number of thioether (sulfide) groups is 1. The van der Waals surface area contributed by atoms with E-state index in [4.69, 9.17) is 28.0 Å². The van der Waals surface area contributed by atoms with E-state index in [1.165, 1.54) is 34.6 Å². The highest BCUT2D eigenvalue weighted by Crippen LogP contribution is 2.50. The summed E-state index contributed by atoms with van der Waals surface area (Å²) in [6, 6.07) is 6.08. The summed E-state index contributed by atoms with van der Waals surface area (Å²) in [6.07, 6.45) is -3.82. The molecule has 3 aromatic rings. The predicted octanol–water partition coefficient (Wildman–Crippen LogP) is 6.13. The summed E-state index contributed by atoms with van der Waals surface area (Å²) in [5, 5.41) is 9.85. The lowest BCUT2D eigenvalue weighted by Crippen LogP contribution is -2.42. The van der Waals surface area contributed by atoms with Crippen molar-refractivity contribution in [1.82, 2.24) is 14.8 Å². The van der Waals surface area contributed by atoms with Crippen LogP contribution in [0.25, 0.3) is 0 Å². The standard InChI is InChI=1S/C22H17Cl2F4N5O2S/c1-10-6-11(4-5-13(10)18(34)29-19-30-20(36-3)33(2)31-19)16-9-21(35-32-16,22(26,27)28)12-7-14(23)17(25)15(24)8-12/h4-8H,9H2,1-3H3,(H,29,31,34). The van der Waals surface area contributed by atoms with Crippen LogP contribution in [-0.4, -0.2) is 38.8 Å². The van der Waals surface area contributed by atoms with Crippen LogP contribution in [0.4, 0.5) is 23.5 Å². The fourth-order valence-electron chi connectivity index (χ4n) is 3.71.